The molecule has 14 heteroatoms. The number of carbonyl (C=O) groups is 4. The molecule has 1 saturated carbocycles. The number of amides is 4. The van der Waals surface area contributed by atoms with E-state index in [0.29, 0.717) is 42.6 Å². The molecule has 0 spiro atoms. The summed E-state index contributed by atoms with van der Waals surface area (Å²) in [5.41, 5.74) is 1.39. The minimum absolute atomic E-state index is 0.0899. The average Bonchev–Trinajstić information content (AvgIpc) is 3.88. The highest BCUT2D eigenvalue weighted by atomic mass is 16.5. The van der Waals surface area contributed by atoms with E-state index >= 15 is 0 Å². The Labute approximate surface area is 320 Å². The summed E-state index contributed by atoms with van der Waals surface area (Å²) >= 11 is 0. The Morgan fingerprint density at radius 2 is 1.69 bits per heavy atom. The highest BCUT2D eigenvalue weighted by molar-refractivity contribution is 5.98. The molecule has 2 bridgehead atoms. The van der Waals surface area contributed by atoms with E-state index in [2.05, 4.69) is 35.1 Å². The van der Waals surface area contributed by atoms with Crippen LogP contribution < -0.4 is 31.6 Å². The minimum Gasteiger partial charge on any atom is -0.491 e. The van der Waals surface area contributed by atoms with E-state index in [1.807, 2.05) is 30.3 Å². The van der Waals surface area contributed by atoms with Gasteiger partial charge < -0.3 is 30.6 Å². The fourth-order valence-electron chi connectivity index (χ4n) is 6.62. The molecule has 4 N–H and O–H groups in total. The van der Waals surface area contributed by atoms with Crippen LogP contribution in [0.2, 0.25) is 0 Å². The van der Waals surface area contributed by atoms with Crippen molar-refractivity contribution in [3.63, 3.8) is 0 Å². The summed E-state index contributed by atoms with van der Waals surface area (Å²) in [5.74, 6) is 0.453. The quantitative estimate of drug-likeness (QED) is 0.213. The Morgan fingerprint density at radius 3 is 2.38 bits per heavy atom. The van der Waals surface area contributed by atoms with Crippen molar-refractivity contribution in [3.8, 4) is 5.75 Å². The summed E-state index contributed by atoms with van der Waals surface area (Å²) in [4.78, 5) is 72.1. The molecule has 0 unspecified atom stereocenters. The van der Waals surface area contributed by atoms with E-state index in [4.69, 9.17) is 14.8 Å². The van der Waals surface area contributed by atoms with Crippen molar-refractivity contribution in [3.05, 3.63) is 112 Å². The molecule has 4 amide bonds. The van der Waals surface area contributed by atoms with Crippen molar-refractivity contribution in [2.45, 2.75) is 90.0 Å². The molecule has 0 saturated heterocycles. The zero-order chi connectivity index (χ0) is 39.1. The van der Waals surface area contributed by atoms with E-state index in [9.17, 15) is 24.0 Å². The molecule has 14 nitrogen and oxygen atoms in total. The zero-order valence-corrected chi connectivity index (χ0v) is 31.8. The van der Waals surface area contributed by atoms with Gasteiger partial charge in [0.15, 0.2) is 11.6 Å². The van der Waals surface area contributed by atoms with Crippen molar-refractivity contribution in [2.75, 3.05) is 6.61 Å². The second-order valence-corrected chi connectivity index (χ2v) is 15.1. The van der Waals surface area contributed by atoms with Crippen molar-refractivity contribution in [1.29, 1.82) is 0 Å². The Bertz CT molecular complexity index is 2040. The number of nitrogens with one attached hydrogen (secondary N) is 4. The number of ether oxygens (including phenoxy) is 1. The molecule has 0 radical (unpaired) electrons. The molecule has 4 heterocycles. The second kappa shape index (κ2) is 17.6. The van der Waals surface area contributed by atoms with Gasteiger partial charge in [0.25, 0.3) is 11.5 Å². The van der Waals surface area contributed by atoms with Crippen LogP contribution in [-0.4, -0.2) is 67.7 Å². The summed E-state index contributed by atoms with van der Waals surface area (Å²) in [6, 6.07) is 16.3. The number of carbonyl (C=O) groups excluding carboxylic acids is 4. The monoisotopic (exact) mass is 750 g/mol. The van der Waals surface area contributed by atoms with Gasteiger partial charge in [0, 0.05) is 37.7 Å². The summed E-state index contributed by atoms with van der Waals surface area (Å²) in [6.45, 7) is 5.84. The molecule has 2 aliphatic heterocycles. The van der Waals surface area contributed by atoms with Crippen molar-refractivity contribution < 1.29 is 23.9 Å². The molecule has 290 valence electrons. The van der Waals surface area contributed by atoms with Crippen LogP contribution in [0.25, 0.3) is 0 Å². The molecule has 4 aromatic rings. The highest BCUT2D eigenvalue weighted by Gasteiger charge is 2.31. The Hall–Kier alpha value is -5.79. The van der Waals surface area contributed by atoms with Crippen molar-refractivity contribution in [2.24, 2.45) is 18.9 Å². The fraction of sp³-hybridized carbons (Fsp3) is 0.439. The average molecular weight is 751 g/mol. The van der Waals surface area contributed by atoms with Gasteiger partial charge in [0.05, 0.1) is 12.1 Å². The van der Waals surface area contributed by atoms with Gasteiger partial charge in [0.2, 0.25) is 17.7 Å². The Morgan fingerprint density at radius 1 is 0.945 bits per heavy atom. The van der Waals surface area contributed by atoms with E-state index in [1.54, 1.807) is 42.9 Å². The SMILES string of the molecule is CC(C)C[C@H]1COc2ccc(cc2)C[C@H](NC(=O)c2ccn(C)c(=O)c2)C(=O)N[C@H](C)C(=O)N[C@H](Cc2ccccc2)c2nc(CC3CC3)nn2CC(=O)N1. The first-order valence-corrected chi connectivity index (χ1v) is 19.0. The number of nitrogens with zero attached hydrogens (tertiary/aromatic N) is 4. The first-order chi connectivity index (χ1) is 26.4. The van der Waals surface area contributed by atoms with Gasteiger partial charge in [-0.2, -0.15) is 5.10 Å². The maximum absolute atomic E-state index is 14.0. The summed E-state index contributed by atoms with van der Waals surface area (Å²) in [7, 11) is 1.58. The second-order valence-electron chi connectivity index (χ2n) is 15.1. The third-order valence-electron chi connectivity index (χ3n) is 9.79. The van der Waals surface area contributed by atoms with Crippen LogP contribution in [0.15, 0.2) is 77.7 Å². The maximum Gasteiger partial charge on any atom is 0.252 e. The summed E-state index contributed by atoms with van der Waals surface area (Å²) in [6.07, 6.45) is 5.46. The van der Waals surface area contributed by atoms with E-state index in [-0.39, 0.29) is 48.6 Å². The third kappa shape index (κ3) is 10.9. The van der Waals surface area contributed by atoms with E-state index in [0.717, 1.165) is 24.0 Å². The third-order valence-corrected chi connectivity index (χ3v) is 9.79. The number of rotatable bonds is 8. The van der Waals surface area contributed by atoms with Crippen LogP contribution in [0, 0.1) is 11.8 Å². The maximum atomic E-state index is 14.0. The lowest BCUT2D eigenvalue weighted by atomic mass is 10.0. The van der Waals surface area contributed by atoms with Crippen LogP contribution in [0.3, 0.4) is 0 Å². The van der Waals surface area contributed by atoms with Crippen molar-refractivity contribution in [1.82, 2.24) is 40.6 Å². The predicted octanol–water partition coefficient (Wildman–Crippen LogP) is 2.80. The Kier molecular flexibility index (Phi) is 12.4. The molecular formula is C41H50N8O6. The smallest absolute Gasteiger partial charge is 0.252 e. The van der Waals surface area contributed by atoms with Gasteiger partial charge in [-0.05, 0) is 73.8 Å². The first kappa shape index (κ1) is 38.9. The lowest BCUT2D eigenvalue weighted by Gasteiger charge is -2.25. The number of hydrogen-bond acceptors (Lipinski definition) is 8. The summed E-state index contributed by atoms with van der Waals surface area (Å²) in [5, 5.41) is 16.6. The topological polar surface area (TPSA) is 178 Å². The normalized spacial score (nSPS) is 21.1. The van der Waals surface area contributed by atoms with Crippen LogP contribution in [0.4, 0.5) is 0 Å². The van der Waals surface area contributed by atoms with Crippen LogP contribution in [0.5, 0.6) is 5.75 Å². The first-order valence-electron chi connectivity index (χ1n) is 19.0. The number of aromatic nitrogens is 4. The lowest BCUT2D eigenvalue weighted by Crippen LogP contribution is -2.54. The van der Waals surface area contributed by atoms with Gasteiger partial charge in [-0.1, -0.05) is 56.3 Å². The van der Waals surface area contributed by atoms with Gasteiger partial charge in [-0.3, -0.25) is 24.0 Å². The Balaban J connectivity index is 1.34. The number of pyridine rings is 1. The zero-order valence-electron chi connectivity index (χ0n) is 31.8. The molecule has 1 aliphatic carbocycles. The van der Waals surface area contributed by atoms with Gasteiger partial charge in [-0.25, -0.2) is 9.67 Å². The van der Waals surface area contributed by atoms with Gasteiger partial charge in [-0.15, -0.1) is 0 Å². The highest BCUT2D eigenvalue weighted by Crippen LogP contribution is 2.32. The predicted molar refractivity (Wildman–Crippen MR) is 205 cm³/mol. The van der Waals surface area contributed by atoms with E-state index in [1.165, 1.54) is 22.9 Å². The number of aryl methyl sites for hydroxylation is 1. The molecule has 4 atom stereocenters. The summed E-state index contributed by atoms with van der Waals surface area (Å²) < 4.78 is 9.07. The molecule has 3 aliphatic rings. The van der Waals surface area contributed by atoms with E-state index < -0.39 is 35.8 Å². The van der Waals surface area contributed by atoms with Gasteiger partial charge >= 0.3 is 0 Å². The van der Waals surface area contributed by atoms with Gasteiger partial charge in [0.1, 0.15) is 31.0 Å². The standard InChI is InChI=1S/C41H50N8O6/c1-25(2)18-31-24-55-32-14-12-28(13-15-32)20-34(45-40(53)30-16-17-48(4)37(51)22-30)41(54)42-26(3)39(52)44-33(19-27-8-6-5-7-9-27)38-46-35(21-29-10-11-29)47-49(38)23-36(50)43-31/h5-9,12-17,22,25-26,29,31,33-34H,10-11,18-21,23-24H2,1-4H3,(H,42,54)(H,43,50)(H,44,52)(H,45,53)/t26-,31+,33-,34+/m1/s1. The molecule has 1 fully saturated rings. The van der Waals surface area contributed by atoms with Crippen molar-refractivity contribution >= 4 is 23.6 Å². The van der Waals surface area contributed by atoms with Crippen LogP contribution in [0.1, 0.15) is 79.2 Å². The molecule has 55 heavy (non-hydrogen) atoms. The number of benzene rings is 2. The molecular weight excluding hydrogens is 701 g/mol. The van der Waals surface area contributed by atoms with Crippen LogP contribution >= 0.6 is 0 Å². The van der Waals surface area contributed by atoms with Crippen LogP contribution in [-0.2, 0) is 47.2 Å². The molecule has 2 aromatic carbocycles. The largest absolute Gasteiger partial charge is 0.491 e. The number of fused-ring (bicyclic) bond motifs is 14. The molecule has 7 rings (SSSR count). The molecule has 2 aromatic heterocycles. The minimum atomic E-state index is -1.09. The fourth-order valence-corrected chi connectivity index (χ4v) is 6.62. The lowest BCUT2D eigenvalue weighted by molar-refractivity contribution is -0.130. The number of hydrogen-bond donors (Lipinski definition) is 4.